The Bertz CT molecular complexity index is 1090. The Morgan fingerprint density at radius 3 is 2.50 bits per heavy atom. The number of nitrogen functional groups attached to an aromatic ring is 1. The third-order valence-electron chi connectivity index (χ3n) is 4.64. The Labute approximate surface area is 175 Å². The van der Waals surface area contributed by atoms with Gasteiger partial charge in [0.25, 0.3) is 5.56 Å². The molecule has 0 atom stereocenters. The molecule has 0 fully saturated rings. The first kappa shape index (κ1) is 21.1. The summed E-state index contributed by atoms with van der Waals surface area (Å²) in [6.07, 6.45) is 1.37. The quantitative estimate of drug-likeness (QED) is 0.456. The third kappa shape index (κ3) is 5.70. The standard InChI is InChI=1S/C23H25N3O4/c1-16(27)29-11-12-30-21-8-4-7-19(14-21)18-6-3-5-17(13-18)9-10-20-15-22(28)26(2)23(24)25-20/h3-8,13-15H,9-12H2,1-2H3,(H2,24,25). The summed E-state index contributed by atoms with van der Waals surface area (Å²) in [5.41, 5.74) is 9.53. The predicted molar refractivity (Wildman–Crippen MR) is 115 cm³/mol. The van der Waals surface area contributed by atoms with E-state index in [0.717, 1.165) is 23.1 Å². The SMILES string of the molecule is CC(=O)OCCOc1cccc(-c2cccc(CCc3cc(=O)n(C)c(N)n3)c2)c1. The highest BCUT2D eigenvalue weighted by Gasteiger charge is 2.06. The average Bonchev–Trinajstić information content (AvgIpc) is 2.74. The monoisotopic (exact) mass is 407 g/mol. The van der Waals surface area contributed by atoms with E-state index in [1.165, 1.54) is 17.6 Å². The summed E-state index contributed by atoms with van der Waals surface area (Å²) >= 11 is 0. The number of nitrogens with zero attached hydrogens (tertiary/aromatic N) is 2. The predicted octanol–water partition coefficient (Wildman–Crippen LogP) is 2.76. The van der Waals surface area contributed by atoms with Crippen molar-refractivity contribution >= 4 is 11.9 Å². The summed E-state index contributed by atoms with van der Waals surface area (Å²) in [5, 5.41) is 0. The lowest BCUT2D eigenvalue weighted by molar-refractivity contribution is -0.141. The molecule has 30 heavy (non-hydrogen) atoms. The fourth-order valence-electron chi connectivity index (χ4n) is 3.02. The molecule has 1 heterocycles. The highest BCUT2D eigenvalue weighted by Crippen LogP contribution is 2.25. The van der Waals surface area contributed by atoms with Crippen LogP contribution in [0.5, 0.6) is 5.75 Å². The summed E-state index contributed by atoms with van der Waals surface area (Å²) in [4.78, 5) is 27.0. The second kappa shape index (κ2) is 9.73. The Hall–Kier alpha value is -3.61. The molecule has 3 rings (SSSR count). The lowest BCUT2D eigenvalue weighted by atomic mass is 10.0. The second-order valence-electron chi connectivity index (χ2n) is 6.92. The van der Waals surface area contributed by atoms with Gasteiger partial charge in [-0.15, -0.1) is 0 Å². The minimum Gasteiger partial charge on any atom is -0.490 e. The number of hydrogen-bond donors (Lipinski definition) is 1. The zero-order valence-corrected chi connectivity index (χ0v) is 17.1. The largest absolute Gasteiger partial charge is 0.490 e. The molecule has 0 aliphatic carbocycles. The van der Waals surface area contributed by atoms with E-state index in [-0.39, 0.29) is 24.1 Å². The van der Waals surface area contributed by atoms with Gasteiger partial charge in [0, 0.05) is 20.0 Å². The molecule has 0 aliphatic rings. The van der Waals surface area contributed by atoms with E-state index in [9.17, 15) is 9.59 Å². The lowest BCUT2D eigenvalue weighted by Crippen LogP contribution is -2.21. The zero-order valence-electron chi connectivity index (χ0n) is 17.1. The second-order valence-corrected chi connectivity index (χ2v) is 6.92. The molecule has 0 amide bonds. The van der Waals surface area contributed by atoms with Gasteiger partial charge in [-0.1, -0.05) is 36.4 Å². The van der Waals surface area contributed by atoms with Gasteiger partial charge in [0.05, 0.1) is 5.69 Å². The Balaban J connectivity index is 1.67. The summed E-state index contributed by atoms with van der Waals surface area (Å²) in [6, 6.07) is 17.5. The van der Waals surface area contributed by atoms with Crippen LogP contribution in [0.2, 0.25) is 0 Å². The number of carbonyl (C=O) groups excluding carboxylic acids is 1. The first-order chi connectivity index (χ1) is 14.4. The molecular formula is C23H25N3O4. The summed E-state index contributed by atoms with van der Waals surface area (Å²) in [6.45, 7) is 1.89. The van der Waals surface area contributed by atoms with Crippen molar-refractivity contribution in [3.8, 4) is 16.9 Å². The minimum atomic E-state index is -0.321. The van der Waals surface area contributed by atoms with Crippen LogP contribution < -0.4 is 16.0 Å². The molecule has 1 aromatic heterocycles. The van der Waals surface area contributed by atoms with Crippen LogP contribution in [-0.4, -0.2) is 28.7 Å². The smallest absolute Gasteiger partial charge is 0.302 e. The topological polar surface area (TPSA) is 96.4 Å². The van der Waals surface area contributed by atoms with E-state index in [1.807, 2.05) is 42.5 Å². The molecule has 0 saturated heterocycles. The molecule has 156 valence electrons. The van der Waals surface area contributed by atoms with Crippen LogP contribution in [0.3, 0.4) is 0 Å². The molecule has 0 unspecified atom stereocenters. The highest BCUT2D eigenvalue weighted by molar-refractivity contribution is 5.66. The van der Waals surface area contributed by atoms with Crippen LogP contribution in [-0.2, 0) is 29.4 Å². The summed E-state index contributed by atoms with van der Waals surface area (Å²) in [5.74, 6) is 0.611. The molecular weight excluding hydrogens is 382 g/mol. The highest BCUT2D eigenvalue weighted by atomic mass is 16.6. The Morgan fingerprint density at radius 1 is 1.03 bits per heavy atom. The number of esters is 1. The normalized spacial score (nSPS) is 10.6. The molecule has 0 saturated carbocycles. The molecule has 0 spiro atoms. The van der Waals surface area contributed by atoms with Crippen molar-refractivity contribution in [2.75, 3.05) is 18.9 Å². The van der Waals surface area contributed by atoms with E-state index in [4.69, 9.17) is 15.2 Å². The minimum absolute atomic E-state index is 0.156. The van der Waals surface area contributed by atoms with E-state index in [0.29, 0.717) is 24.5 Å². The first-order valence-electron chi connectivity index (χ1n) is 9.70. The number of carbonyl (C=O) groups is 1. The van der Waals surface area contributed by atoms with Gasteiger partial charge in [-0.2, -0.15) is 0 Å². The van der Waals surface area contributed by atoms with Crippen LogP contribution in [0.1, 0.15) is 18.2 Å². The molecule has 7 heteroatoms. The number of ether oxygens (including phenoxy) is 2. The molecule has 0 bridgehead atoms. The van der Waals surface area contributed by atoms with E-state index in [1.54, 1.807) is 7.05 Å². The van der Waals surface area contributed by atoms with Crippen molar-refractivity contribution < 1.29 is 14.3 Å². The maximum absolute atomic E-state index is 11.9. The maximum atomic E-state index is 11.9. The molecule has 0 radical (unpaired) electrons. The van der Waals surface area contributed by atoms with E-state index >= 15 is 0 Å². The maximum Gasteiger partial charge on any atom is 0.302 e. The fourth-order valence-corrected chi connectivity index (χ4v) is 3.02. The van der Waals surface area contributed by atoms with Crippen LogP contribution in [0.15, 0.2) is 59.4 Å². The molecule has 2 N–H and O–H groups in total. The lowest BCUT2D eigenvalue weighted by Gasteiger charge is -2.10. The number of aromatic nitrogens is 2. The molecule has 7 nitrogen and oxygen atoms in total. The average molecular weight is 407 g/mol. The van der Waals surface area contributed by atoms with Gasteiger partial charge in [-0.05, 0) is 41.7 Å². The van der Waals surface area contributed by atoms with Crippen molar-refractivity contribution in [1.29, 1.82) is 0 Å². The number of nitrogens with two attached hydrogens (primary N) is 1. The van der Waals surface area contributed by atoms with Crippen molar-refractivity contribution in [2.45, 2.75) is 19.8 Å². The fraction of sp³-hybridized carbons (Fsp3) is 0.261. The number of rotatable bonds is 8. The molecule has 3 aromatic rings. The zero-order chi connectivity index (χ0) is 21.5. The van der Waals surface area contributed by atoms with Crippen molar-refractivity contribution in [3.63, 3.8) is 0 Å². The first-order valence-corrected chi connectivity index (χ1v) is 9.70. The number of hydrogen-bond acceptors (Lipinski definition) is 6. The third-order valence-corrected chi connectivity index (χ3v) is 4.64. The van der Waals surface area contributed by atoms with Gasteiger partial charge < -0.3 is 15.2 Å². The summed E-state index contributed by atoms with van der Waals surface area (Å²) < 4.78 is 11.9. The number of anilines is 1. The van der Waals surface area contributed by atoms with Crippen LogP contribution in [0, 0.1) is 0 Å². The van der Waals surface area contributed by atoms with Crippen LogP contribution in [0.4, 0.5) is 5.95 Å². The Morgan fingerprint density at radius 2 is 1.77 bits per heavy atom. The van der Waals surface area contributed by atoms with Crippen LogP contribution in [0.25, 0.3) is 11.1 Å². The van der Waals surface area contributed by atoms with Gasteiger partial charge >= 0.3 is 5.97 Å². The van der Waals surface area contributed by atoms with Crippen LogP contribution >= 0.6 is 0 Å². The van der Waals surface area contributed by atoms with E-state index < -0.39 is 0 Å². The van der Waals surface area contributed by atoms with Crippen molar-refractivity contribution in [3.05, 3.63) is 76.2 Å². The van der Waals surface area contributed by atoms with Gasteiger partial charge in [0.1, 0.15) is 19.0 Å². The number of benzene rings is 2. The van der Waals surface area contributed by atoms with Gasteiger partial charge in [0.15, 0.2) is 0 Å². The van der Waals surface area contributed by atoms with Gasteiger partial charge in [0.2, 0.25) is 5.95 Å². The Kier molecular flexibility index (Phi) is 6.85. The van der Waals surface area contributed by atoms with Gasteiger partial charge in [-0.25, -0.2) is 4.98 Å². The van der Waals surface area contributed by atoms with Crippen molar-refractivity contribution in [1.82, 2.24) is 9.55 Å². The summed E-state index contributed by atoms with van der Waals surface area (Å²) in [7, 11) is 1.60. The van der Waals surface area contributed by atoms with Gasteiger partial charge in [-0.3, -0.25) is 14.2 Å². The van der Waals surface area contributed by atoms with E-state index in [2.05, 4.69) is 11.1 Å². The molecule has 2 aromatic carbocycles. The molecule has 0 aliphatic heterocycles. The number of aryl methyl sites for hydroxylation is 2. The van der Waals surface area contributed by atoms with Crippen molar-refractivity contribution in [2.24, 2.45) is 7.05 Å².